The number of imidazole rings is 1. The van der Waals surface area contributed by atoms with Gasteiger partial charge in [-0.2, -0.15) is 0 Å². The maximum atomic E-state index is 14.5. The van der Waals surface area contributed by atoms with Crippen molar-refractivity contribution in [1.82, 2.24) is 14.1 Å². The number of hydrogen-bond donors (Lipinski definition) is 3. The van der Waals surface area contributed by atoms with Crippen LogP contribution in [-0.2, 0) is 11.3 Å². The van der Waals surface area contributed by atoms with Crippen molar-refractivity contribution in [2.75, 3.05) is 23.3 Å². The van der Waals surface area contributed by atoms with Gasteiger partial charge in [0, 0.05) is 43.2 Å². The number of halogens is 1. The lowest BCUT2D eigenvalue weighted by Crippen LogP contribution is -2.38. The minimum atomic E-state index is -0.298. The van der Waals surface area contributed by atoms with Crippen LogP contribution in [0.3, 0.4) is 0 Å². The Morgan fingerprint density at radius 2 is 1.89 bits per heavy atom. The van der Waals surface area contributed by atoms with Crippen molar-refractivity contribution in [2.24, 2.45) is 0 Å². The Balaban J connectivity index is 1.34. The summed E-state index contributed by atoms with van der Waals surface area (Å²) in [5.74, 6) is -0.391. The molecule has 38 heavy (non-hydrogen) atoms. The highest BCUT2D eigenvalue weighted by molar-refractivity contribution is 5.93. The second-order valence-electron chi connectivity index (χ2n) is 10.2. The number of hydrogen-bond acceptors (Lipinski definition) is 3. The first-order valence-corrected chi connectivity index (χ1v) is 13.0. The van der Waals surface area contributed by atoms with Gasteiger partial charge in [-0.05, 0) is 73.4 Å². The number of carbonyl (C=O) groups excluding carboxylic acids is 1. The summed E-state index contributed by atoms with van der Waals surface area (Å²) in [7, 11) is 0. The van der Waals surface area contributed by atoms with Crippen molar-refractivity contribution >= 4 is 39.2 Å². The summed E-state index contributed by atoms with van der Waals surface area (Å²) in [4.78, 5) is 17.3. The van der Waals surface area contributed by atoms with E-state index in [1.165, 1.54) is 13.0 Å². The van der Waals surface area contributed by atoms with Gasteiger partial charge in [0.15, 0.2) is 0 Å². The van der Waals surface area contributed by atoms with Crippen molar-refractivity contribution in [3.05, 3.63) is 89.4 Å². The van der Waals surface area contributed by atoms with Crippen molar-refractivity contribution in [3.8, 4) is 0 Å². The van der Waals surface area contributed by atoms with E-state index >= 15 is 0 Å². The highest BCUT2D eigenvalue weighted by Crippen LogP contribution is 2.33. The zero-order chi connectivity index (χ0) is 26.4. The molecule has 5 aromatic rings. The largest absolute Gasteiger partial charge is 0.370 e. The Kier molecular flexibility index (Phi) is 6.02. The Bertz CT molecular complexity index is 1720. The molecule has 7 nitrogen and oxygen atoms in total. The Morgan fingerprint density at radius 3 is 2.68 bits per heavy atom. The Labute approximate surface area is 220 Å². The number of nitrogens with zero attached hydrogens (tertiary/aromatic N) is 3. The number of carbonyl (C=O) groups is 1. The molecule has 194 valence electrons. The predicted octanol–water partition coefficient (Wildman–Crippen LogP) is 5.70. The molecule has 0 radical (unpaired) electrons. The van der Waals surface area contributed by atoms with Crippen molar-refractivity contribution in [2.45, 2.75) is 39.3 Å². The van der Waals surface area contributed by atoms with Crippen LogP contribution in [0.2, 0.25) is 0 Å². The molecule has 3 N–H and O–H groups in total. The van der Waals surface area contributed by atoms with Gasteiger partial charge in [0.05, 0.1) is 29.0 Å². The van der Waals surface area contributed by atoms with E-state index in [9.17, 15) is 14.6 Å². The third-order valence-electron chi connectivity index (χ3n) is 7.62. The van der Waals surface area contributed by atoms with Crippen LogP contribution < -0.4 is 15.8 Å². The number of aromatic amines is 1. The van der Waals surface area contributed by atoms with Crippen molar-refractivity contribution in [1.29, 1.82) is 5.41 Å². The molecule has 0 atom stereocenters. The van der Waals surface area contributed by atoms with Crippen LogP contribution in [0.15, 0.2) is 66.9 Å². The van der Waals surface area contributed by atoms with E-state index < -0.39 is 0 Å². The summed E-state index contributed by atoms with van der Waals surface area (Å²) >= 11 is 0. The smallest absolute Gasteiger partial charge is 0.221 e. The second-order valence-corrected chi connectivity index (χ2v) is 10.2. The van der Waals surface area contributed by atoms with Gasteiger partial charge < -0.3 is 24.3 Å². The minimum absolute atomic E-state index is 0.0707. The van der Waals surface area contributed by atoms with Gasteiger partial charge in [0.1, 0.15) is 5.82 Å². The minimum Gasteiger partial charge on any atom is -0.370 e. The van der Waals surface area contributed by atoms with Crippen molar-refractivity contribution in [3.63, 3.8) is 0 Å². The average Bonchev–Trinajstić information content (AvgIpc) is 3.48. The number of rotatable bonds is 5. The first-order chi connectivity index (χ1) is 18.4. The molecule has 3 aromatic carbocycles. The molecule has 1 aliphatic rings. The van der Waals surface area contributed by atoms with Gasteiger partial charge in [-0.25, -0.2) is 4.39 Å². The number of H-pyrrole nitrogens is 1. The summed E-state index contributed by atoms with van der Waals surface area (Å²) in [6.45, 7) is 5.65. The third kappa shape index (κ3) is 4.26. The van der Waals surface area contributed by atoms with Gasteiger partial charge in [0.2, 0.25) is 11.5 Å². The van der Waals surface area contributed by atoms with E-state index in [4.69, 9.17) is 0 Å². The Hall–Kier alpha value is -4.33. The zero-order valence-electron chi connectivity index (χ0n) is 21.6. The van der Waals surface area contributed by atoms with Crippen LogP contribution in [0.4, 0.5) is 15.8 Å². The van der Waals surface area contributed by atoms with Crippen molar-refractivity contribution < 1.29 is 9.18 Å². The fraction of sp³-hybridized carbons (Fsp3) is 0.267. The highest BCUT2D eigenvalue weighted by atomic mass is 19.1. The number of nitrogens with one attached hydrogen (secondary N) is 3. The maximum absolute atomic E-state index is 14.5. The molecule has 3 heterocycles. The lowest BCUT2D eigenvalue weighted by Gasteiger charge is -2.35. The Morgan fingerprint density at radius 1 is 1.08 bits per heavy atom. The van der Waals surface area contributed by atoms with Gasteiger partial charge in [-0.15, -0.1) is 0 Å². The summed E-state index contributed by atoms with van der Waals surface area (Å²) in [6.07, 6.45) is 3.55. The van der Waals surface area contributed by atoms with Gasteiger partial charge >= 0.3 is 0 Å². The normalized spacial score (nSPS) is 14.4. The quantitative estimate of drug-likeness (QED) is 0.284. The van der Waals surface area contributed by atoms with Crippen LogP contribution >= 0.6 is 0 Å². The lowest BCUT2D eigenvalue weighted by atomic mass is 10.0. The summed E-state index contributed by atoms with van der Waals surface area (Å²) < 4.78 is 18.5. The van der Waals surface area contributed by atoms with E-state index in [2.05, 4.69) is 33.4 Å². The maximum Gasteiger partial charge on any atom is 0.221 e. The van der Waals surface area contributed by atoms with Gasteiger partial charge in [-0.1, -0.05) is 18.2 Å². The number of amides is 1. The third-order valence-corrected chi connectivity index (χ3v) is 7.62. The number of aromatic nitrogens is 3. The fourth-order valence-electron chi connectivity index (χ4n) is 5.83. The molecule has 0 spiro atoms. The number of anilines is 2. The topological polar surface area (TPSA) is 81.8 Å². The van der Waals surface area contributed by atoms with Crippen LogP contribution in [0.5, 0.6) is 0 Å². The lowest BCUT2D eigenvalue weighted by molar-refractivity contribution is -0.114. The van der Waals surface area contributed by atoms with Crippen LogP contribution in [0, 0.1) is 18.2 Å². The molecule has 2 aromatic heterocycles. The highest BCUT2D eigenvalue weighted by Gasteiger charge is 2.26. The number of benzene rings is 3. The average molecular weight is 511 g/mol. The fourth-order valence-corrected chi connectivity index (χ4v) is 5.83. The summed E-state index contributed by atoms with van der Waals surface area (Å²) in [6, 6.07) is 19.2. The number of piperidine rings is 1. The molecule has 0 saturated carbocycles. The molecule has 1 fully saturated rings. The molecule has 0 bridgehead atoms. The standard InChI is InChI=1S/C30H31FN6O/c1-19-6-8-26(34-20(2)38)28(16-19)35-14-11-23(12-15-35)37-29-17-22(31)7-9-27(29)36(30(37)32)18-21-4-3-5-25-24(21)10-13-33-25/h3-10,13,16-17,23,32-33H,11-12,14-15,18H2,1-2H3,(H,34,38). The van der Waals surface area contributed by atoms with Crippen LogP contribution in [0.25, 0.3) is 21.9 Å². The molecule has 8 heteroatoms. The van der Waals surface area contributed by atoms with Gasteiger partial charge in [0.25, 0.3) is 0 Å². The van der Waals surface area contributed by atoms with E-state index in [0.29, 0.717) is 12.2 Å². The molecule has 0 aliphatic carbocycles. The van der Waals surface area contributed by atoms with E-state index in [-0.39, 0.29) is 17.8 Å². The number of fused-ring (bicyclic) bond motifs is 2. The molecular weight excluding hydrogens is 479 g/mol. The monoisotopic (exact) mass is 510 g/mol. The molecular formula is C30H31FN6O. The molecule has 0 unspecified atom stereocenters. The molecule has 1 saturated heterocycles. The summed E-state index contributed by atoms with van der Waals surface area (Å²) in [5, 5.41) is 13.3. The number of aryl methyl sites for hydroxylation is 1. The molecule has 1 amide bonds. The van der Waals surface area contributed by atoms with Crippen LogP contribution in [-0.4, -0.2) is 33.1 Å². The second kappa shape index (κ2) is 9.52. The first kappa shape index (κ1) is 24.0. The molecule has 1 aliphatic heterocycles. The van der Waals surface area contributed by atoms with E-state index in [1.54, 1.807) is 12.1 Å². The predicted molar refractivity (Wildman–Crippen MR) is 149 cm³/mol. The first-order valence-electron chi connectivity index (χ1n) is 13.0. The zero-order valence-corrected chi connectivity index (χ0v) is 21.6. The van der Waals surface area contributed by atoms with E-state index in [0.717, 1.165) is 70.4 Å². The summed E-state index contributed by atoms with van der Waals surface area (Å²) in [5.41, 5.74) is 7.14. The SMILES string of the molecule is CC(=O)Nc1ccc(C)cc1N1CCC(n2c(=N)n(Cc3cccc4[nH]ccc34)c3ccc(F)cc32)CC1. The van der Waals surface area contributed by atoms with Crippen LogP contribution in [0.1, 0.15) is 36.9 Å². The molecule has 6 rings (SSSR count). The van der Waals surface area contributed by atoms with Gasteiger partial charge in [-0.3, -0.25) is 10.2 Å². The van der Waals surface area contributed by atoms with E-state index in [1.807, 2.05) is 46.5 Å².